The van der Waals surface area contributed by atoms with Crippen molar-refractivity contribution >= 4 is 9.52 Å². The van der Waals surface area contributed by atoms with Crippen molar-refractivity contribution in [3.63, 3.8) is 0 Å². The predicted molar refractivity (Wildman–Crippen MR) is 75.1 cm³/mol. The molecule has 1 N–H and O–H groups in total. The van der Waals surface area contributed by atoms with Crippen molar-refractivity contribution in [2.45, 2.75) is 18.2 Å². The molecule has 17 heavy (non-hydrogen) atoms. The predicted octanol–water partition coefficient (Wildman–Crippen LogP) is 2.56. The molecule has 2 aromatic rings. The number of hydrogen-bond donors (Lipinski definition) is 1. The van der Waals surface area contributed by atoms with E-state index in [-0.39, 0.29) is 9.52 Å². The highest BCUT2D eigenvalue weighted by Gasteiger charge is 2.29. The Bertz CT molecular complexity index is 413. The van der Waals surface area contributed by atoms with Gasteiger partial charge in [-0.05, 0) is 17.2 Å². The van der Waals surface area contributed by atoms with Crippen molar-refractivity contribution in [2.75, 3.05) is 0 Å². The molecule has 1 nitrogen and oxygen atoms in total. The molecule has 0 unspecified atom stereocenters. The van der Waals surface area contributed by atoms with E-state index in [2.05, 4.69) is 6.55 Å². The molecule has 2 aromatic carbocycles. The number of benzene rings is 2. The first-order chi connectivity index (χ1) is 8.27. The average Bonchev–Trinajstić information content (AvgIpc) is 2.41. The summed E-state index contributed by atoms with van der Waals surface area (Å²) in [6, 6.07) is 20.8. The number of aliphatic hydroxyl groups is 1. The van der Waals surface area contributed by atoms with Crippen LogP contribution in [0.4, 0.5) is 0 Å². The molecule has 0 aliphatic heterocycles. The zero-order chi connectivity index (χ0) is 12.1. The monoisotopic (exact) mass is 242 g/mol. The standard InChI is InChI=1S/C15H18OSi/c1-17-12-15(16,13-8-4-2-5-9-13)14-10-6-3-7-11-14/h2-11,16H,12,17H2,1H3. The Morgan fingerprint density at radius 3 is 1.65 bits per heavy atom. The van der Waals surface area contributed by atoms with Gasteiger partial charge in [-0.2, -0.15) is 0 Å². The van der Waals surface area contributed by atoms with Gasteiger partial charge in [-0.1, -0.05) is 67.2 Å². The second-order valence-corrected chi connectivity index (χ2v) is 5.84. The van der Waals surface area contributed by atoms with Crippen LogP contribution in [0, 0.1) is 0 Å². The lowest BCUT2D eigenvalue weighted by Crippen LogP contribution is -2.28. The molecule has 0 aromatic heterocycles. The van der Waals surface area contributed by atoms with E-state index in [4.69, 9.17) is 0 Å². The SMILES string of the molecule is C[SiH2]CC(O)(c1ccccc1)c1ccccc1. The Labute approximate surface area is 105 Å². The van der Waals surface area contributed by atoms with Gasteiger partial charge in [-0.25, -0.2) is 0 Å². The van der Waals surface area contributed by atoms with E-state index in [1.165, 1.54) is 0 Å². The fourth-order valence-corrected chi connectivity index (χ4v) is 3.55. The summed E-state index contributed by atoms with van der Waals surface area (Å²) in [6.07, 6.45) is 0. The fourth-order valence-electron chi connectivity index (χ4n) is 2.24. The number of rotatable bonds is 4. The van der Waals surface area contributed by atoms with Crippen LogP contribution < -0.4 is 0 Å². The first kappa shape index (κ1) is 12.1. The van der Waals surface area contributed by atoms with Gasteiger partial charge in [0.05, 0.1) is 0 Å². The van der Waals surface area contributed by atoms with Crippen molar-refractivity contribution in [3.8, 4) is 0 Å². The summed E-state index contributed by atoms with van der Waals surface area (Å²) >= 11 is 0. The van der Waals surface area contributed by atoms with E-state index in [1.54, 1.807) is 0 Å². The molecule has 0 fully saturated rings. The molecule has 0 radical (unpaired) electrons. The Morgan fingerprint density at radius 2 is 1.29 bits per heavy atom. The van der Waals surface area contributed by atoms with Gasteiger partial charge in [0.1, 0.15) is 5.60 Å². The van der Waals surface area contributed by atoms with Crippen molar-refractivity contribution in [2.24, 2.45) is 0 Å². The van der Waals surface area contributed by atoms with Crippen LogP contribution in [0.3, 0.4) is 0 Å². The fraction of sp³-hybridized carbons (Fsp3) is 0.200. The Balaban J connectivity index is 2.47. The maximum absolute atomic E-state index is 11.0. The molecule has 0 aliphatic rings. The van der Waals surface area contributed by atoms with Gasteiger partial charge in [-0.15, -0.1) is 0 Å². The second-order valence-electron chi connectivity index (χ2n) is 4.34. The maximum atomic E-state index is 11.0. The van der Waals surface area contributed by atoms with Crippen LogP contribution in [0.1, 0.15) is 11.1 Å². The van der Waals surface area contributed by atoms with Gasteiger partial charge in [0.25, 0.3) is 0 Å². The number of hydrogen-bond acceptors (Lipinski definition) is 1. The summed E-state index contributed by atoms with van der Waals surface area (Å²) in [5.41, 5.74) is 1.20. The highest BCUT2D eigenvalue weighted by Crippen LogP contribution is 2.32. The van der Waals surface area contributed by atoms with Crippen molar-refractivity contribution in [1.82, 2.24) is 0 Å². The molecular formula is C15H18OSi. The largest absolute Gasteiger partial charge is 0.381 e. The van der Waals surface area contributed by atoms with E-state index < -0.39 is 5.60 Å². The summed E-state index contributed by atoms with van der Waals surface area (Å²) in [6.45, 7) is 2.23. The summed E-state index contributed by atoms with van der Waals surface area (Å²) in [7, 11) is -0.228. The van der Waals surface area contributed by atoms with Gasteiger partial charge in [0.15, 0.2) is 0 Å². The maximum Gasteiger partial charge on any atom is 0.112 e. The van der Waals surface area contributed by atoms with Crippen LogP contribution in [0.2, 0.25) is 12.6 Å². The molecule has 0 spiro atoms. The molecule has 0 aliphatic carbocycles. The van der Waals surface area contributed by atoms with Crippen LogP contribution in [0.5, 0.6) is 0 Å². The first-order valence-electron chi connectivity index (χ1n) is 6.11. The third-order valence-electron chi connectivity index (χ3n) is 3.11. The quantitative estimate of drug-likeness (QED) is 0.817. The minimum absolute atomic E-state index is 0.228. The summed E-state index contributed by atoms with van der Waals surface area (Å²) < 4.78 is 0. The van der Waals surface area contributed by atoms with E-state index in [1.807, 2.05) is 60.7 Å². The molecule has 2 rings (SSSR count). The molecule has 0 heterocycles. The second kappa shape index (κ2) is 5.30. The summed E-state index contributed by atoms with van der Waals surface area (Å²) in [5.74, 6) is 0. The zero-order valence-electron chi connectivity index (χ0n) is 10.1. The van der Waals surface area contributed by atoms with Crippen LogP contribution >= 0.6 is 0 Å². The Hall–Kier alpha value is -1.38. The highest BCUT2D eigenvalue weighted by atomic mass is 28.2. The molecular weight excluding hydrogens is 224 g/mol. The van der Waals surface area contributed by atoms with Gasteiger partial charge in [-0.3, -0.25) is 0 Å². The molecule has 0 saturated heterocycles. The Kier molecular flexibility index (Phi) is 3.77. The van der Waals surface area contributed by atoms with Crippen LogP contribution in [0.25, 0.3) is 0 Å². The van der Waals surface area contributed by atoms with Crippen LogP contribution in [-0.4, -0.2) is 14.6 Å². The third-order valence-corrected chi connectivity index (χ3v) is 4.34. The minimum Gasteiger partial charge on any atom is -0.381 e. The molecule has 2 heteroatoms. The molecule has 0 amide bonds. The minimum atomic E-state index is -0.802. The highest BCUT2D eigenvalue weighted by molar-refractivity contribution is 6.34. The van der Waals surface area contributed by atoms with Gasteiger partial charge < -0.3 is 5.11 Å². The topological polar surface area (TPSA) is 20.2 Å². The Morgan fingerprint density at radius 1 is 0.882 bits per heavy atom. The lowest BCUT2D eigenvalue weighted by molar-refractivity contribution is 0.102. The zero-order valence-corrected chi connectivity index (χ0v) is 11.5. The van der Waals surface area contributed by atoms with Gasteiger partial charge >= 0.3 is 0 Å². The normalized spacial score (nSPS) is 12.1. The third kappa shape index (κ3) is 2.48. The van der Waals surface area contributed by atoms with Crippen LogP contribution in [0.15, 0.2) is 60.7 Å². The van der Waals surface area contributed by atoms with E-state index in [9.17, 15) is 5.11 Å². The summed E-state index contributed by atoms with van der Waals surface area (Å²) in [4.78, 5) is 0. The van der Waals surface area contributed by atoms with E-state index in [0.717, 1.165) is 17.2 Å². The van der Waals surface area contributed by atoms with Gasteiger partial charge in [0.2, 0.25) is 0 Å². The first-order valence-corrected chi connectivity index (χ1v) is 8.52. The summed E-state index contributed by atoms with van der Waals surface area (Å²) in [5, 5.41) is 11.0. The lowest BCUT2D eigenvalue weighted by atomic mass is 9.88. The molecule has 0 atom stereocenters. The lowest BCUT2D eigenvalue weighted by Gasteiger charge is -2.29. The smallest absolute Gasteiger partial charge is 0.112 e. The van der Waals surface area contributed by atoms with E-state index in [0.29, 0.717) is 0 Å². The van der Waals surface area contributed by atoms with E-state index >= 15 is 0 Å². The molecule has 0 saturated carbocycles. The van der Waals surface area contributed by atoms with Crippen molar-refractivity contribution in [3.05, 3.63) is 71.8 Å². The van der Waals surface area contributed by atoms with Gasteiger partial charge in [0, 0.05) is 9.52 Å². The molecule has 0 bridgehead atoms. The van der Waals surface area contributed by atoms with Crippen molar-refractivity contribution in [1.29, 1.82) is 0 Å². The van der Waals surface area contributed by atoms with Crippen LogP contribution in [-0.2, 0) is 5.60 Å². The van der Waals surface area contributed by atoms with Crippen molar-refractivity contribution < 1.29 is 5.11 Å². The molecule has 88 valence electrons. The average molecular weight is 242 g/mol.